The number of anilines is 1. The summed E-state index contributed by atoms with van der Waals surface area (Å²) in [5.74, 6) is -0.371. The van der Waals surface area contributed by atoms with E-state index in [2.05, 4.69) is 20.8 Å². The lowest BCUT2D eigenvalue weighted by Gasteiger charge is -2.16. The molecule has 0 unspecified atom stereocenters. The van der Waals surface area contributed by atoms with E-state index in [9.17, 15) is 14.4 Å². The van der Waals surface area contributed by atoms with Gasteiger partial charge in [-0.3, -0.25) is 20.0 Å². The van der Waals surface area contributed by atoms with Gasteiger partial charge in [-0.25, -0.2) is 4.79 Å². The molecule has 1 aliphatic rings. The average Bonchev–Trinajstić information content (AvgIpc) is 3.41. The summed E-state index contributed by atoms with van der Waals surface area (Å²) in [6, 6.07) is 21.3. The van der Waals surface area contributed by atoms with Gasteiger partial charge in [0.1, 0.15) is 0 Å². The minimum absolute atomic E-state index is 0.229. The first-order valence-electron chi connectivity index (χ1n) is 10.1. The van der Waals surface area contributed by atoms with Crippen LogP contribution in [0.3, 0.4) is 0 Å². The van der Waals surface area contributed by atoms with Crippen molar-refractivity contribution in [1.29, 1.82) is 0 Å². The van der Waals surface area contributed by atoms with Crippen LogP contribution in [-0.4, -0.2) is 32.9 Å². The van der Waals surface area contributed by atoms with E-state index in [-0.39, 0.29) is 19.0 Å². The van der Waals surface area contributed by atoms with Gasteiger partial charge in [0.25, 0.3) is 11.8 Å². The number of nitrogens with zero attached hydrogens (tertiary/aromatic N) is 2. The second-order valence-electron chi connectivity index (χ2n) is 7.53. The highest BCUT2D eigenvalue weighted by Crippen LogP contribution is 2.27. The number of aromatic nitrogens is 2. The molecule has 1 aliphatic heterocycles. The Labute approximate surface area is 183 Å². The van der Waals surface area contributed by atoms with Crippen molar-refractivity contribution in [2.75, 3.05) is 5.32 Å². The van der Waals surface area contributed by atoms with Crippen molar-refractivity contribution < 1.29 is 14.4 Å². The third-order valence-electron chi connectivity index (χ3n) is 5.44. The number of imide groups is 1. The Morgan fingerprint density at radius 2 is 1.56 bits per heavy atom. The standard InChI is InChI=1S/C24H19N5O3/c30-22(16-7-2-1-3-8-16)26-24(32)29-13-19-20(14-29)27-28-21(19)25-23(31)18-11-10-15-6-4-5-9-17(15)12-18/h1-12H,13-14H2,(H,26,30,32)(H2,25,27,28,31). The lowest BCUT2D eigenvalue weighted by Crippen LogP contribution is -2.40. The van der Waals surface area contributed by atoms with Gasteiger partial charge in [0.15, 0.2) is 5.82 Å². The largest absolute Gasteiger partial charge is 0.324 e. The number of rotatable bonds is 3. The number of H-pyrrole nitrogens is 1. The summed E-state index contributed by atoms with van der Waals surface area (Å²) in [5, 5.41) is 14.3. The first-order valence-corrected chi connectivity index (χ1v) is 10.1. The van der Waals surface area contributed by atoms with E-state index in [0.29, 0.717) is 16.9 Å². The maximum absolute atomic E-state index is 12.8. The van der Waals surface area contributed by atoms with Crippen LogP contribution < -0.4 is 10.6 Å². The van der Waals surface area contributed by atoms with Gasteiger partial charge >= 0.3 is 6.03 Å². The third-order valence-corrected chi connectivity index (χ3v) is 5.44. The molecule has 158 valence electrons. The first-order chi connectivity index (χ1) is 15.6. The quantitative estimate of drug-likeness (QED) is 0.465. The van der Waals surface area contributed by atoms with Gasteiger partial charge in [-0.2, -0.15) is 5.10 Å². The number of carbonyl (C=O) groups excluding carboxylic acids is 3. The minimum atomic E-state index is -0.504. The van der Waals surface area contributed by atoms with Gasteiger partial charge in [-0.1, -0.05) is 48.5 Å². The van der Waals surface area contributed by atoms with Gasteiger partial charge in [0, 0.05) is 16.7 Å². The number of hydrogen-bond donors (Lipinski definition) is 3. The molecule has 0 aliphatic carbocycles. The lowest BCUT2D eigenvalue weighted by molar-refractivity contribution is 0.0950. The maximum Gasteiger partial charge on any atom is 0.324 e. The summed E-state index contributed by atoms with van der Waals surface area (Å²) in [6.07, 6.45) is 0. The molecule has 4 aromatic rings. The van der Waals surface area contributed by atoms with E-state index in [1.807, 2.05) is 36.4 Å². The molecule has 3 aromatic carbocycles. The Morgan fingerprint density at radius 1 is 0.812 bits per heavy atom. The van der Waals surface area contributed by atoms with E-state index < -0.39 is 11.9 Å². The van der Waals surface area contributed by atoms with Crippen LogP contribution in [0.15, 0.2) is 72.8 Å². The molecular weight excluding hydrogens is 406 g/mol. The average molecular weight is 425 g/mol. The van der Waals surface area contributed by atoms with Crippen molar-refractivity contribution in [2.45, 2.75) is 13.1 Å². The molecule has 0 bridgehead atoms. The highest BCUT2D eigenvalue weighted by Gasteiger charge is 2.30. The predicted molar refractivity (Wildman–Crippen MR) is 119 cm³/mol. The number of amides is 4. The molecule has 4 amide bonds. The summed E-state index contributed by atoms with van der Waals surface area (Å²) in [5.41, 5.74) is 2.37. The molecule has 8 nitrogen and oxygen atoms in total. The highest BCUT2D eigenvalue weighted by atomic mass is 16.2. The molecule has 0 saturated heterocycles. The zero-order valence-electron chi connectivity index (χ0n) is 17.0. The zero-order chi connectivity index (χ0) is 22.1. The van der Waals surface area contributed by atoms with E-state index in [0.717, 1.165) is 22.0 Å². The number of hydrogen-bond acceptors (Lipinski definition) is 4. The summed E-state index contributed by atoms with van der Waals surface area (Å²) in [7, 11) is 0. The Bertz CT molecular complexity index is 1350. The fraction of sp³-hybridized carbons (Fsp3) is 0.0833. The molecule has 0 spiro atoms. The smallest absolute Gasteiger partial charge is 0.314 e. The molecule has 0 fully saturated rings. The number of benzene rings is 3. The van der Waals surface area contributed by atoms with Crippen LogP contribution in [0.25, 0.3) is 10.8 Å². The number of carbonyl (C=O) groups is 3. The maximum atomic E-state index is 12.8. The topological polar surface area (TPSA) is 107 Å². The van der Waals surface area contributed by atoms with E-state index in [4.69, 9.17) is 0 Å². The fourth-order valence-corrected chi connectivity index (χ4v) is 3.74. The highest BCUT2D eigenvalue weighted by molar-refractivity contribution is 6.07. The number of nitrogens with one attached hydrogen (secondary N) is 3. The number of fused-ring (bicyclic) bond motifs is 2. The van der Waals surface area contributed by atoms with Crippen LogP contribution in [0.2, 0.25) is 0 Å². The van der Waals surface area contributed by atoms with Crippen molar-refractivity contribution in [3.8, 4) is 0 Å². The summed E-state index contributed by atoms with van der Waals surface area (Å²) in [6.45, 7) is 0.495. The predicted octanol–water partition coefficient (Wildman–Crippen LogP) is 3.68. The van der Waals surface area contributed by atoms with E-state index >= 15 is 0 Å². The van der Waals surface area contributed by atoms with Crippen molar-refractivity contribution in [2.24, 2.45) is 0 Å². The van der Waals surface area contributed by atoms with Crippen LogP contribution in [0.4, 0.5) is 10.6 Å². The van der Waals surface area contributed by atoms with Crippen molar-refractivity contribution in [3.63, 3.8) is 0 Å². The molecular formula is C24H19N5O3. The summed E-state index contributed by atoms with van der Waals surface area (Å²) >= 11 is 0. The zero-order valence-corrected chi connectivity index (χ0v) is 17.0. The molecule has 32 heavy (non-hydrogen) atoms. The lowest BCUT2D eigenvalue weighted by atomic mass is 10.1. The van der Waals surface area contributed by atoms with Gasteiger partial charge in [0.2, 0.25) is 0 Å². The molecule has 8 heteroatoms. The minimum Gasteiger partial charge on any atom is -0.314 e. The van der Waals surface area contributed by atoms with Gasteiger partial charge in [0.05, 0.1) is 18.8 Å². The second-order valence-corrected chi connectivity index (χ2v) is 7.53. The third kappa shape index (κ3) is 3.69. The van der Waals surface area contributed by atoms with E-state index in [1.165, 1.54) is 4.90 Å². The monoisotopic (exact) mass is 425 g/mol. The van der Waals surface area contributed by atoms with Crippen molar-refractivity contribution in [1.82, 2.24) is 20.4 Å². The first kappa shape index (κ1) is 19.5. The van der Waals surface area contributed by atoms with E-state index in [1.54, 1.807) is 36.4 Å². The molecule has 0 saturated carbocycles. The Hall–Kier alpha value is -4.46. The second kappa shape index (κ2) is 7.99. The van der Waals surface area contributed by atoms with Crippen molar-refractivity contribution in [3.05, 3.63) is 95.2 Å². The Balaban J connectivity index is 1.26. The Morgan fingerprint density at radius 3 is 2.38 bits per heavy atom. The molecule has 0 atom stereocenters. The molecule has 5 rings (SSSR count). The van der Waals surface area contributed by atoms with Crippen molar-refractivity contribution >= 4 is 34.4 Å². The van der Waals surface area contributed by atoms with Crippen LogP contribution in [-0.2, 0) is 13.1 Å². The van der Waals surface area contributed by atoms with Crippen LogP contribution in [0, 0.1) is 0 Å². The van der Waals surface area contributed by atoms with Gasteiger partial charge in [-0.15, -0.1) is 0 Å². The molecule has 3 N–H and O–H groups in total. The van der Waals surface area contributed by atoms with Crippen LogP contribution in [0.1, 0.15) is 32.0 Å². The summed E-state index contributed by atoms with van der Waals surface area (Å²) < 4.78 is 0. The van der Waals surface area contributed by atoms with Crippen LogP contribution >= 0.6 is 0 Å². The molecule has 0 radical (unpaired) electrons. The number of urea groups is 1. The fourth-order valence-electron chi connectivity index (χ4n) is 3.74. The van der Waals surface area contributed by atoms with Gasteiger partial charge < -0.3 is 10.2 Å². The summed E-state index contributed by atoms with van der Waals surface area (Å²) in [4.78, 5) is 39.0. The molecule has 1 aromatic heterocycles. The number of aromatic amines is 1. The molecule has 2 heterocycles. The van der Waals surface area contributed by atoms with Crippen LogP contribution in [0.5, 0.6) is 0 Å². The normalized spacial score (nSPS) is 12.4. The Kier molecular flexibility index (Phi) is 4.87. The van der Waals surface area contributed by atoms with Gasteiger partial charge in [-0.05, 0) is 35.0 Å². The SMILES string of the molecule is O=C(NC(=O)N1Cc2[nH]nc(NC(=O)c3ccc4ccccc4c3)c2C1)c1ccccc1.